The van der Waals surface area contributed by atoms with Crippen LogP contribution in [0.25, 0.3) is 5.65 Å². The lowest BCUT2D eigenvalue weighted by Crippen LogP contribution is -2.05. The topological polar surface area (TPSA) is 42.5 Å². The Morgan fingerprint density at radius 3 is 2.82 bits per heavy atom. The van der Waals surface area contributed by atoms with Gasteiger partial charge in [-0.3, -0.25) is 9.38 Å². The van der Waals surface area contributed by atoms with E-state index in [1.807, 2.05) is 34.9 Å². The molecule has 0 spiro atoms. The van der Waals surface area contributed by atoms with Crippen molar-refractivity contribution in [3.8, 4) is 0 Å². The van der Waals surface area contributed by atoms with Crippen molar-refractivity contribution < 1.29 is 0 Å². The molecule has 0 aliphatic heterocycles. The van der Waals surface area contributed by atoms with Crippen LogP contribution >= 0.6 is 11.5 Å². The summed E-state index contributed by atoms with van der Waals surface area (Å²) >= 11 is 1.39. The highest BCUT2D eigenvalue weighted by Gasteiger charge is 1.98. The molecular weight excluding hydrogens is 232 g/mol. The van der Waals surface area contributed by atoms with E-state index in [0.717, 1.165) is 16.1 Å². The molecule has 84 valence electrons. The molecule has 17 heavy (non-hydrogen) atoms. The average molecular weight is 242 g/mol. The van der Waals surface area contributed by atoms with Crippen molar-refractivity contribution in [2.24, 2.45) is 4.99 Å². The summed E-state index contributed by atoms with van der Waals surface area (Å²) in [5.41, 5.74) is 3.00. The van der Waals surface area contributed by atoms with Crippen molar-refractivity contribution in [3.63, 3.8) is 0 Å². The summed E-state index contributed by atoms with van der Waals surface area (Å²) in [5.74, 6) is 0. The maximum Gasteiger partial charge on any atom is 0.213 e. The molecule has 3 aromatic rings. The molecule has 0 saturated heterocycles. The van der Waals surface area contributed by atoms with E-state index in [4.69, 9.17) is 0 Å². The van der Waals surface area contributed by atoms with Gasteiger partial charge in [-0.1, -0.05) is 6.07 Å². The summed E-state index contributed by atoms with van der Waals surface area (Å²) in [5, 5.41) is 0. The molecule has 3 heterocycles. The number of rotatable bonds is 1. The van der Waals surface area contributed by atoms with Crippen molar-refractivity contribution in [2.75, 3.05) is 0 Å². The molecule has 4 nitrogen and oxygen atoms in total. The zero-order chi connectivity index (χ0) is 11.7. The van der Waals surface area contributed by atoms with Crippen LogP contribution < -0.4 is 4.80 Å². The molecule has 0 saturated carbocycles. The van der Waals surface area contributed by atoms with Gasteiger partial charge in [-0.15, -0.1) is 0 Å². The lowest BCUT2D eigenvalue weighted by Gasteiger charge is -1.95. The number of hydrogen-bond acceptors (Lipinski definition) is 4. The van der Waals surface area contributed by atoms with Crippen molar-refractivity contribution in [3.05, 3.63) is 53.2 Å². The smallest absolute Gasteiger partial charge is 0.213 e. The van der Waals surface area contributed by atoms with E-state index in [2.05, 4.69) is 21.3 Å². The van der Waals surface area contributed by atoms with Crippen LogP contribution in [0, 0.1) is 6.92 Å². The van der Waals surface area contributed by atoms with Crippen LogP contribution in [0.4, 0.5) is 5.69 Å². The maximum absolute atomic E-state index is 4.55. The maximum atomic E-state index is 4.55. The van der Waals surface area contributed by atoms with Crippen LogP contribution in [0.3, 0.4) is 0 Å². The number of pyridine rings is 2. The van der Waals surface area contributed by atoms with Gasteiger partial charge in [0, 0.05) is 30.1 Å². The fraction of sp³-hybridized carbons (Fsp3) is 0.0833. The predicted octanol–water partition coefficient (Wildman–Crippen LogP) is 2.33. The third-order valence-electron chi connectivity index (χ3n) is 2.39. The Morgan fingerprint density at radius 2 is 2.00 bits per heavy atom. The van der Waals surface area contributed by atoms with Crippen LogP contribution in [-0.2, 0) is 0 Å². The molecule has 3 aromatic heterocycles. The second kappa shape index (κ2) is 4.10. The molecule has 0 radical (unpaired) electrons. The highest BCUT2D eigenvalue weighted by Crippen LogP contribution is 2.08. The van der Waals surface area contributed by atoms with Crippen molar-refractivity contribution in [1.82, 2.24) is 13.8 Å². The van der Waals surface area contributed by atoms with Gasteiger partial charge in [0.05, 0.1) is 5.69 Å². The van der Waals surface area contributed by atoms with Gasteiger partial charge in [-0.05, 0) is 30.7 Å². The zero-order valence-electron chi connectivity index (χ0n) is 9.24. The Labute approximate surface area is 102 Å². The van der Waals surface area contributed by atoms with E-state index in [0.29, 0.717) is 0 Å². The predicted molar refractivity (Wildman–Crippen MR) is 67.3 cm³/mol. The summed E-state index contributed by atoms with van der Waals surface area (Å²) < 4.78 is 6.35. The molecule has 0 aliphatic rings. The van der Waals surface area contributed by atoms with Crippen molar-refractivity contribution in [2.45, 2.75) is 6.92 Å². The van der Waals surface area contributed by atoms with Gasteiger partial charge >= 0.3 is 0 Å². The first-order valence-electron chi connectivity index (χ1n) is 5.22. The first-order valence-corrected chi connectivity index (χ1v) is 6.00. The van der Waals surface area contributed by atoms with Gasteiger partial charge in [0.15, 0.2) is 5.65 Å². The second-order valence-corrected chi connectivity index (χ2v) is 4.45. The van der Waals surface area contributed by atoms with E-state index < -0.39 is 0 Å². The van der Waals surface area contributed by atoms with Crippen LogP contribution in [0.1, 0.15) is 5.56 Å². The average Bonchev–Trinajstić information content (AvgIpc) is 2.73. The summed E-state index contributed by atoms with van der Waals surface area (Å²) in [6, 6.07) is 7.80. The first-order chi connectivity index (χ1) is 8.33. The lowest BCUT2D eigenvalue weighted by atomic mass is 10.3. The number of hydrogen-bond donors (Lipinski definition) is 0. The number of nitrogens with zero attached hydrogens (tertiary/aromatic N) is 4. The minimum absolute atomic E-state index is 0.870. The summed E-state index contributed by atoms with van der Waals surface area (Å²) in [4.78, 5) is 9.39. The van der Waals surface area contributed by atoms with Crippen LogP contribution in [-0.4, -0.2) is 13.8 Å². The first kappa shape index (κ1) is 10.2. The summed E-state index contributed by atoms with van der Waals surface area (Å²) in [6.45, 7) is 2.06. The van der Waals surface area contributed by atoms with E-state index in [-0.39, 0.29) is 0 Å². The van der Waals surface area contributed by atoms with E-state index in [1.54, 1.807) is 12.4 Å². The highest BCUT2D eigenvalue weighted by molar-refractivity contribution is 7.03. The molecule has 0 amide bonds. The van der Waals surface area contributed by atoms with E-state index >= 15 is 0 Å². The fourth-order valence-electron chi connectivity index (χ4n) is 1.56. The highest BCUT2D eigenvalue weighted by atomic mass is 32.1. The molecule has 5 heteroatoms. The summed E-state index contributed by atoms with van der Waals surface area (Å²) in [6.07, 6.45) is 5.51. The van der Waals surface area contributed by atoms with Gasteiger partial charge in [0.25, 0.3) is 0 Å². The zero-order valence-corrected chi connectivity index (χ0v) is 10.1. The quantitative estimate of drug-likeness (QED) is 0.657. The summed E-state index contributed by atoms with van der Waals surface area (Å²) in [7, 11) is 0. The molecule has 0 fully saturated rings. The fourth-order valence-corrected chi connectivity index (χ4v) is 2.27. The molecule has 0 unspecified atom stereocenters. The van der Waals surface area contributed by atoms with Gasteiger partial charge in [-0.25, -0.2) is 4.99 Å². The third-order valence-corrected chi connectivity index (χ3v) is 3.12. The van der Waals surface area contributed by atoms with Gasteiger partial charge < -0.3 is 0 Å². The van der Waals surface area contributed by atoms with Crippen LogP contribution in [0.2, 0.25) is 0 Å². The van der Waals surface area contributed by atoms with Crippen LogP contribution in [0.15, 0.2) is 47.8 Å². The minimum Gasteiger partial charge on any atom is -0.275 e. The van der Waals surface area contributed by atoms with Gasteiger partial charge in [0.2, 0.25) is 4.80 Å². The largest absolute Gasteiger partial charge is 0.275 e. The van der Waals surface area contributed by atoms with Crippen LogP contribution in [0.5, 0.6) is 0 Å². The third kappa shape index (κ3) is 1.97. The Kier molecular flexibility index (Phi) is 2.45. The Morgan fingerprint density at radius 1 is 1.18 bits per heavy atom. The SMILES string of the molecule is Cc1ccc2ns/c(=N\c3ccncc3)n2c1. The number of aromatic nitrogens is 3. The number of fused-ring (bicyclic) bond motifs is 1. The van der Waals surface area contributed by atoms with E-state index in [1.165, 1.54) is 17.1 Å². The molecule has 0 aromatic carbocycles. The Balaban J connectivity index is 2.24. The molecule has 0 atom stereocenters. The molecule has 0 aliphatic carbocycles. The molecule has 0 bridgehead atoms. The van der Waals surface area contributed by atoms with Crippen molar-refractivity contribution >= 4 is 22.9 Å². The molecular formula is C12H10N4S. The van der Waals surface area contributed by atoms with E-state index in [9.17, 15) is 0 Å². The Bertz CT molecular complexity index is 712. The lowest BCUT2D eigenvalue weighted by molar-refractivity contribution is 1.07. The second-order valence-electron chi connectivity index (χ2n) is 3.72. The number of aryl methyl sites for hydroxylation is 1. The van der Waals surface area contributed by atoms with Crippen molar-refractivity contribution in [1.29, 1.82) is 0 Å². The molecule has 3 rings (SSSR count). The molecule has 0 N–H and O–H groups in total. The monoisotopic (exact) mass is 242 g/mol. The van der Waals surface area contributed by atoms with Gasteiger partial charge in [0.1, 0.15) is 0 Å². The van der Waals surface area contributed by atoms with Gasteiger partial charge in [-0.2, -0.15) is 4.37 Å². The standard InChI is InChI=1S/C12H10N4S/c1-9-2-3-11-15-17-12(16(11)8-9)14-10-4-6-13-7-5-10/h2-8H,1H3/b14-12-. The normalized spacial score (nSPS) is 12.2. The Hall–Kier alpha value is -2.01. The minimum atomic E-state index is 0.870.